The molecular weight excluding hydrogens is 614 g/mol. The van der Waals surface area contributed by atoms with Gasteiger partial charge in [-0.15, -0.1) is 0 Å². The summed E-state index contributed by atoms with van der Waals surface area (Å²) in [4.78, 5) is 36.5. The topological polar surface area (TPSA) is 154 Å². The van der Waals surface area contributed by atoms with E-state index in [2.05, 4.69) is 6.92 Å². The van der Waals surface area contributed by atoms with Crippen molar-refractivity contribution in [2.24, 2.45) is 0 Å². The number of carbonyl (C=O) groups excluding carboxylic acids is 1. The van der Waals surface area contributed by atoms with Gasteiger partial charge < -0.3 is 34.8 Å². The Kier molecular flexibility index (Phi) is 20.3. The van der Waals surface area contributed by atoms with E-state index in [-0.39, 0.29) is 23.7 Å². The van der Waals surface area contributed by atoms with Gasteiger partial charge in [0, 0.05) is 11.6 Å². The van der Waals surface area contributed by atoms with Gasteiger partial charge in [0.25, 0.3) is 5.91 Å². The second-order valence-corrected chi connectivity index (χ2v) is 12.5. The van der Waals surface area contributed by atoms with E-state index in [1.54, 1.807) is 18.2 Å². The van der Waals surface area contributed by atoms with E-state index in [9.17, 15) is 34.8 Å². The van der Waals surface area contributed by atoms with E-state index >= 15 is 0 Å². The van der Waals surface area contributed by atoms with Crippen LogP contribution in [0.25, 0.3) is 0 Å². The molecule has 2 aromatic carbocycles. The van der Waals surface area contributed by atoms with Crippen LogP contribution in [0.4, 0.5) is 0 Å². The third kappa shape index (κ3) is 17.3. The fraction of sp³-hybridized carbons (Fsp3) is 0.605. The minimum atomic E-state index is -1.33. The molecule has 0 heterocycles. The van der Waals surface area contributed by atoms with Gasteiger partial charge in [-0.2, -0.15) is 0 Å². The maximum Gasteiger partial charge on any atom is 0.323 e. The Morgan fingerprint density at radius 1 is 0.625 bits per heavy atom. The van der Waals surface area contributed by atoms with E-state index in [1.807, 2.05) is 0 Å². The molecule has 268 valence electrons. The van der Waals surface area contributed by atoms with Gasteiger partial charge in [-0.3, -0.25) is 14.4 Å². The highest BCUT2D eigenvalue weighted by Gasteiger charge is 2.22. The van der Waals surface area contributed by atoms with Crippen molar-refractivity contribution in [2.45, 2.75) is 122 Å². The van der Waals surface area contributed by atoms with Crippen molar-refractivity contribution in [1.82, 2.24) is 4.90 Å². The van der Waals surface area contributed by atoms with Crippen LogP contribution in [0.2, 0.25) is 0 Å². The summed E-state index contributed by atoms with van der Waals surface area (Å²) in [6, 6.07) is 9.31. The molecule has 0 saturated heterocycles. The zero-order valence-electron chi connectivity index (χ0n) is 28.8. The third-order valence-electron chi connectivity index (χ3n) is 8.29. The molecule has 0 fully saturated rings. The van der Waals surface area contributed by atoms with E-state index in [0.29, 0.717) is 36.5 Å². The zero-order valence-corrected chi connectivity index (χ0v) is 28.8. The van der Waals surface area contributed by atoms with E-state index in [1.165, 1.54) is 102 Å². The highest BCUT2D eigenvalue weighted by molar-refractivity contribution is 5.98. The lowest BCUT2D eigenvalue weighted by molar-refractivity contribution is -0.140. The van der Waals surface area contributed by atoms with E-state index in [0.717, 1.165) is 24.2 Å². The molecule has 0 aliphatic heterocycles. The molecule has 0 unspecified atom stereocenters. The first-order valence-corrected chi connectivity index (χ1v) is 17.8. The first-order valence-electron chi connectivity index (χ1n) is 17.8. The Morgan fingerprint density at radius 3 is 1.56 bits per heavy atom. The molecule has 0 aliphatic rings. The Balaban J connectivity index is 1.81. The Hall–Kier alpha value is -3.95. The molecule has 0 spiro atoms. The number of phenolic OH excluding ortho intramolecular Hbond substituents is 2. The lowest BCUT2D eigenvalue weighted by Gasteiger charge is -2.19. The molecule has 0 saturated carbocycles. The number of para-hydroxylation sites is 1. The van der Waals surface area contributed by atoms with Crippen LogP contribution in [-0.2, 0) is 16.0 Å². The van der Waals surface area contributed by atoms with Crippen molar-refractivity contribution >= 4 is 17.8 Å². The maximum atomic E-state index is 13.2. The van der Waals surface area contributed by atoms with Gasteiger partial charge in [0.15, 0.2) is 11.5 Å². The minimum Gasteiger partial charge on any atom is -0.504 e. The fourth-order valence-electron chi connectivity index (χ4n) is 5.64. The zero-order chi connectivity index (χ0) is 35.0. The lowest BCUT2D eigenvalue weighted by Crippen LogP contribution is -2.39. The summed E-state index contributed by atoms with van der Waals surface area (Å²) >= 11 is 0. The largest absolute Gasteiger partial charge is 0.504 e. The molecule has 0 aliphatic carbocycles. The number of ether oxygens (including phenoxy) is 2. The number of carboxylic acids is 2. The van der Waals surface area contributed by atoms with Gasteiger partial charge >= 0.3 is 11.9 Å². The predicted molar refractivity (Wildman–Crippen MR) is 186 cm³/mol. The van der Waals surface area contributed by atoms with Crippen LogP contribution in [0.1, 0.15) is 132 Å². The van der Waals surface area contributed by atoms with E-state index in [4.69, 9.17) is 9.47 Å². The highest BCUT2D eigenvalue weighted by Crippen LogP contribution is 2.29. The first kappa shape index (κ1) is 40.2. The van der Waals surface area contributed by atoms with Crippen molar-refractivity contribution in [3.05, 3.63) is 47.5 Å². The highest BCUT2D eigenvalue weighted by atomic mass is 16.5. The number of amides is 1. The van der Waals surface area contributed by atoms with Gasteiger partial charge in [-0.1, -0.05) is 115 Å². The standard InChI is InChI=1S/C38H57NO9/c1-2-3-4-5-6-7-8-9-10-11-12-13-14-15-16-17-23-47-32-25-31(38(46)39(28-35(41)42)29-36(43)44)26-33(27-32)48-24-19-21-30-20-18-22-34(40)37(30)45/h18,20,22,25-27,40,45H,2-17,19,21,23-24,28-29H2,1H3,(H,41,42)(H,43,44). The molecule has 4 N–H and O–H groups in total. The molecule has 0 aromatic heterocycles. The number of rotatable bonds is 28. The van der Waals surface area contributed by atoms with Crippen molar-refractivity contribution < 1.29 is 44.3 Å². The van der Waals surface area contributed by atoms with E-state index < -0.39 is 30.9 Å². The number of aryl methyl sites for hydroxylation is 1. The number of hydrogen-bond acceptors (Lipinski definition) is 7. The molecule has 1 amide bonds. The van der Waals surface area contributed by atoms with Crippen LogP contribution in [0, 0.1) is 0 Å². The fourth-order valence-corrected chi connectivity index (χ4v) is 5.64. The van der Waals surface area contributed by atoms with Crippen molar-refractivity contribution in [3.8, 4) is 23.0 Å². The number of hydrogen-bond donors (Lipinski definition) is 4. The molecule has 2 rings (SSSR count). The van der Waals surface area contributed by atoms with Crippen molar-refractivity contribution in [2.75, 3.05) is 26.3 Å². The van der Waals surface area contributed by atoms with Crippen LogP contribution >= 0.6 is 0 Å². The number of carbonyl (C=O) groups is 3. The summed E-state index contributed by atoms with van der Waals surface area (Å²) in [5, 5.41) is 38.2. The van der Waals surface area contributed by atoms with Crippen LogP contribution in [0.3, 0.4) is 0 Å². The summed E-state index contributed by atoms with van der Waals surface area (Å²) in [5.41, 5.74) is 0.630. The number of unbranched alkanes of at least 4 members (excludes halogenated alkanes) is 15. The molecule has 0 bridgehead atoms. The maximum absolute atomic E-state index is 13.2. The van der Waals surface area contributed by atoms with Crippen LogP contribution in [-0.4, -0.2) is 69.5 Å². The summed E-state index contributed by atoms with van der Waals surface area (Å²) in [6.45, 7) is 1.38. The number of phenols is 2. The Bertz CT molecular complexity index is 1220. The molecule has 10 nitrogen and oxygen atoms in total. The minimum absolute atomic E-state index is 0.0580. The average molecular weight is 672 g/mol. The summed E-state index contributed by atoms with van der Waals surface area (Å²) < 4.78 is 11.8. The number of aliphatic carboxylic acids is 2. The van der Waals surface area contributed by atoms with Crippen molar-refractivity contribution in [3.63, 3.8) is 0 Å². The SMILES string of the molecule is CCCCCCCCCCCCCCCCCCOc1cc(OCCCc2cccc(O)c2O)cc(C(=O)N(CC(=O)O)CC(=O)O)c1. The number of carboxylic acid groups (broad SMARTS) is 2. The molecular formula is C38H57NO9. The molecule has 10 heteroatoms. The van der Waals surface area contributed by atoms with Crippen LogP contribution in [0.15, 0.2) is 36.4 Å². The van der Waals surface area contributed by atoms with Gasteiger partial charge in [-0.05, 0) is 43.0 Å². The van der Waals surface area contributed by atoms with Gasteiger partial charge in [0.05, 0.1) is 13.2 Å². The molecule has 2 aromatic rings. The normalized spacial score (nSPS) is 10.9. The summed E-state index contributed by atoms with van der Waals surface area (Å²) in [6.07, 6.45) is 21.2. The number of aromatic hydroxyl groups is 2. The second-order valence-electron chi connectivity index (χ2n) is 12.5. The van der Waals surface area contributed by atoms with Gasteiger partial charge in [0.1, 0.15) is 24.6 Å². The van der Waals surface area contributed by atoms with Gasteiger partial charge in [0.2, 0.25) is 0 Å². The summed E-state index contributed by atoms with van der Waals surface area (Å²) in [5.74, 6) is -3.10. The van der Waals surface area contributed by atoms with Crippen LogP contribution in [0.5, 0.6) is 23.0 Å². The number of nitrogens with zero attached hydrogens (tertiary/aromatic N) is 1. The Labute approximate surface area is 286 Å². The average Bonchev–Trinajstić information content (AvgIpc) is 3.05. The van der Waals surface area contributed by atoms with Gasteiger partial charge in [-0.25, -0.2) is 0 Å². The monoisotopic (exact) mass is 671 g/mol. The predicted octanol–water partition coefficient (Wildman–Crippen LogP) is 8.36. The van der Waals surface area contributed by atoms with Crippen molar-refractivity contribution in [1.29, 1.82) is 0 Å². The smallest absolute Gasteiger partial charge is 0.323 e. The Morgan fingerprint density at radius 2 is 1.08 bits per heavy atom. The lowest BCUT2D eigenvalue weighted by atomic mass is 10.0. The molecule has 0 atom stereocenters. The number of benzene rings is 2. The first-order chi connectivity index (χ1) is 23.2. The third-order valence-corrected chi connectivity index (χ3v) is 8.29. The molecule has 0 radical (unpaired) electrons. The van der Waals surface area contributed by atoms with Crippen LogP contribution < -0.4 is 9.47 Å². The second kappa shape index (κ2) is 24.2. The quantitative estimate of drug-likeness (QED) is 0.0516. The molecule has 48 heavy (non-hydrogen) atoms. The summed E-state index contributed by atoms with van der Waals surface area (Å²) in [7, 11) is 0.